The van der Waals surface area contributed by atoms with Gasteiger partial charge in [-0.25, -0.2) is 0 Å². The Morgan fingerprint density at radius 1 is 0.967 bits per heavy atom. The fourth-order valence-corrected chi connectivity index (χ4v) is 5.85. The lowest BCUT2D eigenvalue weighted by Crippen LogP contribution is -2.50. The first kappa shape index (κ1) is 19.9. The van der Waals surface area contributed by atoms with E-state index in [-0.39, 0.29) is 0 Å². The number of nitrogens with one attached hydrogen (secondary N) is 1. The van der Waals surface area contributed by atoms with Gasteiger partial charge in [-0.05, 0) is 56.7 Å². The summed E-state index contributed by atoms with van der Waals surface area (Å²) in [5.74, 6) is 2.29. The van der Waals surface area contributed by atoms with Crippen molar-refractivity contribution in [2.24, 2.45) is 5.92 Å². The van der Waals surface area contributed by atoms with E-state index in [1.165, 1.54) is 37.5 Å². The van der Waals surface area contributed by atoms with Gasteiger partial charge in [0.15, 0.2) is 5.82 Å². The number of piperazine rings is 1. The molecule has 1 aliphatic carbocycles. The van der Waals surface area contributed by atoms with Crippen molar-refractivity contribution in [2.75, 3.05) is 44.2 Å². The Balaban J connectivity index is 1.06. The Hall–Kier alpha value is -2.08. The summed E-state index contributed by atoms with van der Waals surface area (Å²) >= 11 is 0. The molecule has 6 heteroatoms. The fraction of sp³-hybridized carbons (Fsp3) is 0.667. The summed E-state index contributed by atoms with van der Waals surface area (Å²) < 4.78 is 0. The Morgan fingerprint density at radius 3 is 2.67 bits per heavy atom. The second kappa shape index (κ2) is 8.96. The molecule has 3 aliphatic rings. The first-order chi connectivity index (χ1) is 14.8. The summed E-state index contributed by atoms with van der Waals surface area (Å²) in [6.45, 7) is 6.36. The minimum Gasteiger partial charge on any atom is -0.352 e. The molecule has 1 N–H and O–H groups in total. The van der Waals surface area contributed by atoms with Gasteiger partial charge < -0.3 is 9.80 Å². The third-order valence-electron chi connectivity index (χ3n) is 7.56. The summed E-state index contributed by atoms with van der Waals surface area (Å²) in [6.07, 6.45) is 9.49. The Labute approximate surface area is 179 Å². The van der Waals surface area contributed by atoms with Crippen LogP contribution in [0.25, 0.3) is 10.9 Å². The number of anilines is 1. The van der Waals surface area contributed by atoms with Gasteiger partial charge in [-0.15, -0.1) is 0 Å². The maximum atomic E-state index is 12.5. The van der Waals surface area contributed by atoms with Crippen molar-refractivity contribution in [3.63, 3.8) is 0 Å². The molecule has 3 heterocycles. The first-order valence-corrected chi connectivity index (χ1v) is 12.0. The quantitative estimate of drug-likeness (QED) is 0.740. The third-order valence-corrected chi connectivity index (χ3v) is 7.56. The van der Waals surface area contributed by atoms with Gasteiger partial charge in [0.05, 0.1) is 5.52 Å². The molecule has 6 nitrogen and oxygen atoms in total. The molecular formula is C24H35N5O. The smallest absolute Gasteiger partial charge is 0.222 e. The predicted molar refractivity (Wildman–Crippen MR) is 121 cm³/mol. The predicted octanol–water partition coefficient (Wildman–Crippen LogP) is 3.65. The van der Waals surface area contributed by atoms with E-state index in [9.17, 15) is 4.79 Å². The average molecular weight is 410 g/mol. The van der Waals surface area contributed by atoms with E-state index in [1.807, 2.05) is 6.07 Å². The van der Waals surface area contributed by atoms with Gasteiger partial charge in [-0.2, -0.15) is 5.10 Å². The van der Waals surface area contributed by atoms with E-state index in [0.29, 0.717) is 11.9 Å². The van der Waals surface area contributed by atoms with Gasteiger partial charge in [0.2, 0.25) is 5.91 Å². The third kappa shape index (κ3) is 4.07. The van der Waals surface area contributed by atoms with Gasteiger partial charge in [-0.3, -0.25) is 14.8 Å². The van der Waals surface area contributed by atoms with Crippen LogP contribution in [0.5, 0.6) is 0 Å². The van der Waals surface area contributed by atoms with Crippen molar-refractivity contribution in [3.05, 3.63) is 24.3 Å². The lowest BCUT2D eigenvalue weighted by Gasteiger charge is -2.44. The lowest BCUT2D eigenvalue weighted by atomic mass is 9.78. The lowest BCUT2D eigenvalue weighted by molar-refractivity contribution is -0.140. The molecule has 2 saturated heterocycles. The Kier molecular flexibility index (Phi) is 5.93. The number of amides is 1. The molecule has 2 atom stereocenters. The second-order valence-corrected chi connectivity index (χ2v) is 9.37. The maximum absolute atomic E-state index is 12.5. The first-order valence-electron chi connectivity index (χ1n) is 12.0. The number of fused-ring (bicyclic) bond motifs is 2. The molecule has 1 aromatic carbocycles. The zero-order chi connectivity index (χ0) is 20.3. The number of rotatable bonds is 6. The number of nitrogens with zero attached hydrogens (tertiary/aromatic N) is 4. The summed E-state index contributed by atoms with van der Waals surface area (Å²) in [7, 11) is 0. The number of H-pyrrole nitrogens is 1. The molecule has 0 spiro atoms. The zero-order valence-electron chi connectivity index (χ0n) is 18.1. The highest BCUT2D eigenvalue weighted by Gasteiger charge is 2.36. The SMILES string of the molecule is O=C1CCC2CCCCC2N1CCCCN1CCN(c2n[nH]c3ccccc23)CC1. The normalized spacial score (nSPS) is 25.7. The molecular weight excluding hydrogens is 374 g/mol. The zero-order valence-corrected chi connectivity index (χ0v) is 18.1. The van der Waals surface area contributed by atoms with Crippen molar-refractivity contribution in [2.45, 2.75) is 57.4 Å². The molecule has 1 amide bonds. The number of benzene rings is 1. The van der Waals surface area contributed by atoms with Crippen molar-refractivity contribution in [3.8, 4) is 0 Å². The van der Waals surface area contributed by atoms with Gasteiger partial charge in [0.1, 0.15) is 0 Å². The largest absolute Gasteiger partial charge is 0.352 e. The van der Waals surface area contributed by atoms with Crippen LogP contribution >= 0.6 is 0 Å². The molecule has 2 aliphatic heterocycles. The van der Waals surface area contributed by atoms with Crippen LogP contribution in [0, 0.1) is 5.92 Å². The van der Waals surface area contributed by atoms with Crippen molar-refractivity contribution >= 4 is 22.6 Å². The van der Waals surface area contributed by atoms with Gasteiger partial charge in [0, 0.05) is 50.6 Å². The van der Waals surface area contributed by atoms with E-state index in [1.54, 1.807) is 0 Å². The minimum absolute atomic E-state index is 0.415. The van der Waals surface area contributed by atoms with Crippen molar-refractivity contribution in [1.82, 2.24) is 20.0 Å². The summed E-state index contributed by atoms with van der Waals surface area (Å²) in [5, 5.41) is 8.93. The van der Waals surface area contributed by atoms with E-state index in [0.717, 1.165) is 75.8 Å². The van der Waals surface area contributed by atoms with E-state index < -0.39 is 0 Å². The number of hydrogen-bond donors (Lipinski definition) is 1. The average Bonchev–Trinajstić information content (AvgIpc) is 3.22. The van der Waals surface area contributed by atoms with Crippen molar-refractivity contribution < 1.29 is 4.79 Å². The number of carbonyl (C=O) groups is 1. The minimum atomic E-state index is 0.415. The number of likely N-dealkylation sites (tertiary alicyclic amines) is 1. The standard InChI is InChI=1S/C24H35N5O/c30-23-12-11-19-7-1-4-10-22(19)29(23)14-6-5-13-27-15-17-28(18-16-27)24-20-8-2-3-9-21(20)25-26-24/h2-3,8-9,19,22H,1,4-7,10-18H2,(H,25,26). The maximum Gasteiger partial charge on any atom is 0.222 e. The monoisotopic (exact) mass is 409 g/mol. The van der Waals surface area contributed by atoms with Crippen LogP contribution in [0.15, 0.2) is 24.3 Å². The van der Waals surface area contributed by atoms with E-state index in [2.05, 4.69) is 43.1 Å². The van der Waals surface area contributed by atoms with Gasteiger partial charge in [-0.1, -0.05) is 25.0 Å². The van der Waals surface area contributed by atoms with Crippen molar-refractivity contribution in [1.29, 1.82) is 0 Å². The molecule has 0 radical (unpaired) electrons. The molecule has 1 saturated carbocycles. The number of aromatic nitrogens is 2. The van der Waals surface area contributed by atoms with Crippen LogP contribution in [0.2, 0.25) is 0 Å². The Morgan fingerprint density at radius 2 is 1.77 bits per heavy atom. The number of hydrogen-bond acceptors (Lipinski definition) is 4. The molecule has 5 rings (SSSR count). The van der Waals surface area contributed by atoms with Crippen LogP contribution < -0.4 is 4.90 Å². The summed E-state index contributed by atoms with van der Waals surface area (Å²) in [4.78, 5) is 19.7. The highest BCUT2D eigenvalue weighted by molar-refractivity contribution is 5.90. The number of unbranched alkanes of at least 4 members (excludes halogenated alkanes) is 1. The van der Waals surface area contributed by atoms with Crippen LogP contribution in [-0.2, 0) is 4.79 Å². The van der Waals surface area contributed by atoms with Gasteiger partial charge in [0.25, 0.3) is 0 Å². The molecule has 30 heavy (non-hydrogen) atoms. The fourth-order valence-electron chi connectivity index (χ4n) is 5.85. The van der Waals surface area contributed by atoms with E-state index >= 15 is 0 Å². The van der Waals surface area contributed by atoms with Crippen LogP contribution in [0.4, 0.5) is 5.82 Å². The molecule has 2 unspecified atom stereocenters. The van der Waals surface area contributed by atoms with Crippen LogP contribution in [-0.4, -0.2) is 71.2 Å². The van der Waals surface area contributed by atoms with Gasteiger partial charge >= 0.3 is 0 Å². The number of piperidine rings is 1. The highest BCUT2D eigenvalue weighted by atomic mass is 16.2. The molecule has 0 bridgehead atoms. The number of carbonyl (C=O) groups excluding carboxylic acids is 1. The number of aromatic amines is 1. The Bertz CT molecular complexity index is 856. The molecule has 2 aromatic rings. The summed E-state index contributed by atoms with van der Waals surface area (Å²) in [6, 6.07) is 8.92. The van der Waals surface area contributed by atoms with E-state index in [4.69, 9.17) is 0 Å². The second-order valence-electron chi connectivity index (χ2n) is 9.37. The van der Waals surface area contributed by atoms with Crippen LogP contribution in [0.1, 0.15) is 51.4 Å². The molecule has 162 valence electrons. The highest BCUT2D eigenvalue weighted by Crippen LogP contribution is 2.35. The molecule has 3 fully saturated rings. The summed E-state index contributed by atoms with van der Waals surface area (Å²) in [5.41, 5.74) is 1.11. The molecule has 1 aromatic heterocycles. The van der Waals surface area contributed by atoms with Crippen LogP contribution in [0.3, 0.4) is 0 Å². The number of para-hydroxylation sites is 1. The topological polar surface area (TPSA) is 55.5 Å².